The van der Waals surface area contributed by atoms with Crippen LogP contribution in [0.3, 0.4) is 0 Å². The Balaban J connectivity index is 1.76. The maximum Gasteiger partial charge on any atom is 0.308 e. The number of esters is 1. The van der Waals surface area contributed by atoms with Gasteiger partial charge in [0.2, 0.25) is 0 Å². The monoisotopic (exact) mass is 465 g/mol. The molecule has 9 heteroatoms. The first-order chi connectivity index (χ1) is 15.8. The Labute approximate surface area is 192 Å². The number of carbonyl (C=O) groups excluding carboxylic acids is 2. The summed E-state index contributed by atoms with van der Waals surface area (Å²) in [6.07, 6.45) is 1.40. The molecule has 0 saturated heterocycles. The van der Waals surface area contributed by atoms with Gasteiger partial charge in [0.15, 0.2) is 0 Å². The van der Waals surface area contributed by atoms with Crippen LogP contribution >= 0.6 is 0 Å². The van der Waals surface area contributed by atoms with Gasteiger partial charge in [-0.25, -0.2) is 13.8 Å². The van der Waals surface area contributed by atoms with Gasteiger partial charge in [-0.1, -0.05) is 36.4 Å². The predicted octanol–water partition coefficient (Wildman–Crippen LogP) is 3.27. The van der Waals surface area contributed by atoms with E-state index in [1.54, 1.807) is 73.7 Å². The molecule has 0 atom stereocenters. The van der Waals surface area contributed by atoms with Crippen molar-refractivity contribution in [3.8, 4) is 5.75 Å². The molecule has 3 rings (SSSR count). The average Bonchev–Trinajstić information content (AvgIpc) is 2.79. The topological polar surface area (TPSA) is 105 Å². The molecule has 1 amide bonds. The van der Waals surface area contributed by atoms with Crippen molar-refractivity contribution in [2.24, 2.45) is 5.10 Å². The average molecular weight is 466 g/mol. The minimum absolute atomic E-state index is 0.0809. The van der Waals surface area contributed by atoms with Gasteiger partial charge in [0.05, 0.1) is 16.8 Å². The van der Waals surface area contributed by atoms with E-state index in [4.69, 9.17) is 4.74 Å². The molecule has 0 unspecified atom stereocenters. The molecule has 0 fully saturated rings. The lowest BCUT2D eigenvalue weighted by atomic mass is 10.2. The molecule has 0 aromatic heterocycles. The van der Waals surface area contributed by atoms with Gasteiger partial charge in [-0.3, -0.25) is 13.9 Å². The predicted molar refractivity (Wildman–Crippen MR) is 126 cm³/mol. The second-order valence-electron chi connectivity index (χ2n) is 7.07. The van der Waals surface area contributed by atoms with Crippen molar-refractivity contribution in [3.63, 3.8) is 0 Å². The zero-order valence-electron chi connectivity index (χ0n) is 18.1. The maximum atomic E-state index is 13.3. The Morgan fingerprint density at radius 2 is 1.61 bits per heavy atom. The lowest BCUT2D eigenvalue weighted by molar-refractivity contribution is -0.131. The van der Waals surface area contributed by atoms with Crippen LogP contribution in [-0.2, 0) is 19.6 Å². The maximum absolute atomic E-state index is 13.3. The number of rotatable bonds is 8. The standard InChI is InChI=1S/C24H23N3O5S/c1-18-8-6-7-11-23(18)27(33(30,31)22-9-4-3-5-10-22)17-24(29)26-25-16-20-12-14-21(15-13-20)32-19(2)28/h3-16H,17H2,1-2H3,(H,26,29)/b25-16+. The molecule has 0 saturated carbocycles. The van der Waals surface area contributed by atoms with Gasteiger partial charge in [-0.15, -0.1) is 0 Å². The Morgan fingerprint density at radius 1 is 0.970 bits per heavy atom. The summed E-state index contributed by atoms with van der Waals surface area (Å²) in [5.41, 5.74) is 4.13. The minimum Gasteiger partial charge on any atom is -0.427 e. The van der Waals surface area contributed by atoms with E-state index >= 15 is 0 Å². The number of para-hydroxylation sites is 1. The molecule has 3 aromatic rings. The number of amides is 1. The molecule has 0 radical (unpaired) electrons. The second kappa shape index (κ2) is 10.6. The van der Waals surface area contributed by atoms with Crippen LogP contribution in [0.4, 0.5) is 5.69 Å². The van der Waals surface area contributed by atoms with Gasteiger partial charge >= 0.3 is 5.97 Å². The number of aryl methyl sites for hydroxylation is 1. The second-order valence-corrected chi connectivity index (χ2v) is 8.93. The molecule has 0 bridgehead atoms. The Morgan fingerprint density at radius 3 is 2.24 bits per heavy atom. The van der Waals surface area contributed by atoms with E-state index in [2.05, 4.69) is 10.5 Å². The fourth-order valence-corrected chi connectivity index (χ4v) is 4.50. The smallest absolute Gasteiger partial charge is 0.308 e. The summed E-state index contributed by atoms with van der Waals surface area (Å²) in [5, 5.41) is 3.90. The first-order valence-electron chi connectivity index (χ1n) is 10.0. The molecule has 1 N–H and O–H groups in total. The summed E-state index contributed by atoms with van der Waals surface area (Å²) in [6, 6.07) is 21.4. The van der Waals surface area contributed by atoms with Crippen LogP contribution in [0.25, 0.3) is 0 Å². The summed E-state index contributed by atoms with van der Waals surface area (Å²) in [7, 11) is -3.98. The molecule has 0 aliphatic rings. The third kappa shape index (κ3) is 6.27. The highest BCUT2D eigenvalue weighted by Crippen LogP contribution is 2.26. The van der Waals surface area contributed by atoms with Crippen molar-refractivity contribution in [2.75, 3.05) is 10.8 Å². The number of benzene rings is 3. The van der Waals surface area contributed by atoms with E-state index in [-0.39, 0.29) is 4.90 Å². The number of hydrogen-bond donors (Lipinski definition) is 1. The summed E-state index contributed by atoms with van der Waals surface area (Å²) in [5.74, 6) is -0.637. The molecule has 3 aromatic carbocycles. The summed E-state index contributed by atoms with van der Waals surface area (Å²) in [6.45, 7) is 2.63. The van der Waals surface area contributed by atoms with E-state index in [9.17, 15) is 18.0 Å². The normalized spacial score (nSPS) is 11.2. The third-order valence-electron chi connectivity index (χ3n) is 4.55. The molecule has 33 heavy (non-hydrogen) atoms. The number of carbonyl (C=O) groups is 2. The summed E-state index contributed by atoms with van der Waals surface area (Å²) < 4.78 is 32.6. The molecule has 0 aliphatic carbocycles. The Hall–Kier alpha value is -3.98. The third-order valence-corrected chi connectivity index (χ3v) is 6.32. The first kappa shape index (κ1) is 23.7. The van der Waals surface area contributed by atoms with Crippen LogP contribution < -0.4 is 14.5 Å². The number of ether oxygens (including phenoxy) is 1. The fourth-order valence-electron chi connectivity index (χ4n) is 3.00. The first-order valence-corrected chi connectivity index (χ1v) is 11.4. The lowest BCUT2D eigenvalue weighted by Gasteiger charge is -2.25. The van der Waals surface area contributed by atoms with Crippen molar-refractivity contribution in [1.29, 1.82) is 0 Å². The number of nitrogens with one attached hydrogen (secondary N) is 1. The number of nitrogens with zero attached hydrogens (tertiary/aromatic N) is 2. The largest absolute Gasteiger partial charge is 0.427 e. The molecule has 0 spiro atoms. The fraction of sp³-hybridized carbons (Fsp3) is 0.125. The Kier molecular flexibility index (Phi) is 7.57. The van der Waals surface area contributed by atoms with E-state index in [0.717, 1.165) is 4.31 Å². The van der Waals surface area contributed by atoms with Crippen molar-refractivity contribution >= 4 is 33.8 Å². The molecule has 170 valence electrons. The van der Waals surface area contributed by atoms with Crippen LogP contribution in [0.15, 0.2) is 88.9 Å². The van der Waals surface area contributed by atoms with E-state index in [1.807, 2.05) is 0 Å². The van der Waals surface area contributed by atoms with Crippen LogP contribution in [0.5, 0.6) is 5.75 Å². The lowest BCUT2D eigenvalue weighted by Crippen LogP contribution is -2.40. The molecular weight excluding hydrogens is 442 g/mol. The van der Waals surface area contributed by atoms with Crippen LogP contribution in [0.2, 0.25) is 0 Å². The molecular formula is C24H23N3O5S. The highest BCUT2D eigenvalue weighted by molar-refractivity contribution is 7.92. The highest BCUT2D eigenvalue weighted by atomic mass is 32.2. The van der Waals surface area contributed by atoms with E-state index in [0.29, 0.717) is 22.6 Å². The highest BCUT2D eigenvalue weighted by Gasteiger charge is 2.27. The van der Waals surface area contributed by atoms with Crippen molar-refractivity contribution in [2.45, 2.75) is 18.7 Å². The zero-order chi connectivity index (χ0) is 23.8. The molecule has 0 heterocycles. The zero-order valence-corrected chi connectivity index (χ0v) is 19.0. The van der Waals surface area contributed by atoms with Crippen molar-refractivity contribution < 1.29 is 22.7 Å². The van der Waals surface area contributed by atoms with Crippen molar-refractivity contribution in [3.05, 3.63) is 90.0 Å². The molecule has 8 nitrogen and oxygen atoms in total. The van der Waals surface area contributed by atoms with Crippen LogP contribution in [0.1, 0.15) is 18.1 Å². The van der Waals surface area contributed by atoms with Gasteiger partial charge < -0.3 is 4.74 Å². The van der Waals surface area contributed by atoms with Gasteiger partial charge in [0.25, 0.3) is 15.9 Å². The summed E-state index contributed by atoms with van der Waals surface area (Å²) in [4.78, 5) is 23.6. The quantitative estimate of drug-likeness (QED) is 0.238. The van der Waals surface area contributed by atoms with Crippen LogP contribution in [-0.4, -0.2) is 33.1 Å². The van der Waals surface area contributed by atoms with Gasteiger partial charge in [-0.2, -0.15) is 5.10 Å². The Bertz CT molecular complexity index is 1260. The van der Waals surface area contributed by atoms with Gasteiger partial charge in [0.1, 0.15) is 12.3 Å². The van der Waals surface area contributed by atoms with Gasteiger partial charge in [0, 0.05) is 6.92 Å². The number of hydrogen-bond acceptors (Lipinski definition) is 6. The number of sulfonamides is 1. The minimum atomic E-state index is -3.98. The van der Waals surface area contributed by atoms with Crippen molar-refractivity contribution in [1.82, 2.24) is 5.43 Å². The van der Waals surface area contributed by atoms with Crippen LogP contribution in [0, 0.1) is 6.92 Å². The summed E-state index contributed by atoms with van der Waals surface area (Å²) >= 11 is 0. The molecule has 0 aliphatic heterocycles. The van der Waals surface area contributed by atoms with E-state index < -0.39 is 28.4 Å². The number of hydrazone groups is 1. The number of anilines is 1. The SMILES string of the molecule is CC(=O)Oc1ccc(/C=N/NC(=O)CN(c2ccccc2C)S(=O)(=O)c2ccccc2)cc1. The van der Waals surface area contributed by atoms with E-state index in [1.165, 1.54) is 25.3 Å². The van der Waals surface area contributed by atoms with Gasteiger partial charge in [-0.05, 0) is 60.5 Å².